The third kappa shape index (κ3) is 3.73. The van der Waals surface area contributed by atoms with Gasteiger partial charge in [-0.1, -0.05) is 37.3 Å². The molecule has 108 valence electrons. The molecule has 0 saturated heterocycles. The largest absolute Gasteiger partial charge is 0.507 e. The van der Waals surface area contributed by atoms with Gasteiger partial charge in [-0.2, -0.15) is 0 Å². The Morgan fingerprint density at radius 2 is 1.86 bits per heavy atom. The molecule has 2 aromatic rings. The van der Waals surface area contributed by atoms with Gasteiger partial charge in [0.1, 0.15) is 5.75 Å². The maximum Gasteiger partial charge on any atom is 0.336 e. The van der Waals surface area contributed by atoms with Gasteiger partial charge in [0.25, 0.3) is 0 Å². The van der Waals surface area contributed by atoms with E-state index in [0.29, 0.717) is 15.6 Å². The molecule has 0 aromatic heterocycles. The highest BCUT2D eigenvalue weighted by Crippen LogP contribution is 2.27. The standard InChI is InChI=1S/C17H15BrO3/c1-2-11-3-6-13(7-4-11)14(17(20)21)9-12-5-8-16(19)15(18)10-12/h3-10,19H,2H2,1H3,(H,20,21)/b14-9-. The van der Waals surface area contributed by atoms with Gasteiger partial charge in [-0.25, -0.2) is 4.79 Å². The second-order valence-corrected chi connectivity index (χ2v) is 5.48. The van der Waals surface area contributed by atoms with Crippen LogP contribution in [0.5, 0.6) is 5.75 Å². The fourth-order valence-electron chi connectivity index (χ4n) is 1.97. The Kier molecular flexibility index (Phi) is 4.81. The molecule has 0 atom stereocenters. The molecule has 0 heterocycles. The molecule has 0 radical (unpaired) electrons. The first-order chi connectivity index (χ1) is 10.0. The van der Waals surface area contributed by atoms with Crippen LogP contribution in [0.3, 0.4) is 0 Å². The Morgan fingerprint density at radius 3 is 2.38 bits per heavy atom. The number of aromatic hydroxyl groups is 1. The number of phenols is 1. The summed E-state index contributed by atoms with van der Waals surface area (Å²) in [5.74, 6) is -0.861. The van der Waals surface area contributed by atoms with Crippen LogP contribution in [-0.4, -0.2) is 16.2 Å². The average molecular weight is 347 g/mol. The van der Waals surface area contributed by atoms with Gasteiger partial charge in [-0.05, 0) is 57.2 Å². The number of carboxylic acid groups (broad SMARTS) is 1. The van der Waals surface area contributed by atoms with Crippen molar-refractivity contribution < 1.29 is 15.0 Å². The van der Waals surface area contributed by atoms with Crippen LogP contribution in [0.2, 0.25) is 0 Å². The first-order valence-electron chi connectivity index (χ1n) is 6.54. The Balaban J connectivity index is 2.44. The van der Waals surface area contributed by atoms with Crippen molar-refractivity contribution in [3.63, 3.8) is 0 Å². The molecule has 2 aromatic carbocycles. The van der Waals surface area contributed by atoms with Crippen LogP contribution in [0.4, 0.5) is 0 Å². The lowest BCUT2D eigenvalue weighted by molar-refractivity contribution is -0.130. The number of rotatable bonds is 4. The third-order valence-electron chi connectivity index (χ3n) is 3.19. The Labute approximate surface area is 131 Å². The number of carboxylic acids is 1. The second kappa shape index (κ2) is 6.59. The summed E-state index contributed by atoms with van der Waals surface area (Å²) in [6.45, 7) is 2.05. The molecule has 0 aliphatic heterocycles. The zero-order chi connectivity index (χ0) is 15.4. The van der Waals surface area contributed by atoms with E-state index in [9.17, 15) is 15.0 Å². The summed E-state index contributed by atoms with van der Waals surface area (Å²) in [6.07, 6.45) is 2.50. The fraction of sp³-hybridized carbons (Fsp3) is 0.118. The van der Waals surface area contributed by atoms with Crippen LogP contribution in [0.25, 0.3) is 11.6 Å². The SMILES string of the molecule is CCc1ccc(/C(=C/c2ccc(O)c(Br)c2)C(=O)O)cc1. The molecule has 0 fully saturated rings. The number of phenolic OH excluding ortho intramolecular Hbond substituents is 1. The monoisotopic (exact) mass is 346 g/mol. The van der Waals surface area contributed by atoms with Crippen molar-refractivity contribution in [1.29, 1.82) is 0 Å². The van der Waals surface area contributed by atoms with Gasteiger partial charge in [0.15, 0.2) is 0 Å². The van der Waals surface area contributed by atoms with Gasteiger partial charge in [-0.15, -0.1) is 0 Å². The first kappa shape index (κ1) is 15.3. The summed E-state index contributed by atoms with van der Waals surface area (Å²) < 4.78 is 0.530. The maximum absolute atomic E-state index is 11.5. The van der Waals surface area contributed by atoms with E-state index in [1.165, 1.54) is 6.07 Å². The van der Waals surface area contributed by atoms with Crippen LogP contribution in [0.1, 0.15) is 23.6 Å². The molecule has 0 amide bonds. The molecule has 0 bridgehead atoms. The Morgan fingerprint density at radius 1 is 1.19 bits per heavy atom. The highest BCUT2D eigenvalue weighted by atomic mass is 79.9. The van der Waals surface area contributed by atoms with Crippen molar-refractivity contribution in [3.8, 4) is 5.75 Å². The molecule has 2 rings (SSSR count). The van der Waals surface area contributed by atoms with E-state index >= 15 is 0 Å². The van der Waals surface area contributed by atoms with Crippen LogP contribution < -0.4 is 0 Å². The molecule has 0 aliphatic rings. The highest BCUT2D eigenvalue weighted by Gasteiger charge is 2.11. The molecule has 0 saturated carbocycles. The third-order valence-corrected chi connectivity index (χ3v) is 3.82. The van der Waals surface area contributed by atoms with Crippen molar-refractivity contribution in [2.24, 2.45) is 0 Å². The van der Waals surface area contributed by atoms with E-state index in [2.05, 4.69) is 22.9 Å². The van der Waals surface area contributed by atoms with Gasteiger partial charge < -0.3 is 10.2 Å². The van der Waals surface area contributed by atoms with Crippen LogP contribution in [0.15, 0.2) is 46.9 Å². The van der Waals surface area contributed by atoms with E-state index in [-0.39, 0.29) is 11.3 Å². The number of hydrogen-bond donors (Lipinski definition) is 2. The van der Waals surface area contributed by atoms with Crippen molar-refractivity contribution >= 4 is 33.5 Å². The molecular formula is C17H15BrO3. The van der Waals surface area contributed by atoms with E-state index in [1.54, 1.807) is 18.2 Å². The van der Waals surface area contributed by atoms with Crippen LogP contribution in [-0.2, 0) is 11.2 Å². The number of hydrogen-bond acceptors (Lipinski definition) is 2. The molecule has 0 aliphatic carbocycles. The minimum absolute atomic E-state index is 0.122. The summed E-state index contributed by atoms with van der Waals surface area (Å²) in [5, 5.41) is 18.9. The lowest BCUT2D eigenvalue weighted by Crippen LogP contribution is -1.99. The van der Waals surface area contributed by atoms with Crippen molar-refractivity contribution in [2.45, 2.75) is 13.3 Å². The summed E-state index contributed by atoms with van der Waals surface area (Å²) in [5.41, 5.74) is 2.74. The van der Waals surface area contributed by atoms with Crippen molar-refractivity contribution in [3.05, 3.63) is 63.6 Å². The number of carbonyl (C=O) groups is 1. The minimum atomic E-state index is -0.983. The summed E-state index contributed by atoms with van der Waals surface area (Å²) in [4.78, 5) is 11.5. The van der Waals surface area contributed by atoms with E-state index in [1.807, 2.05) is 24.3 Å². The molecule has 0 spiro atoms. The Bertz CT molecular complexity index is 688. The van der Waals surface area contributed by atoms with Gasteiger partial charge in [0.05, 0.1) is 10.0 Å². The predicted molar refractivity (Wildman–Crippen MR) is 87.1 cm³/mol. The number of aliphatic carboxylic acids is 1. The lowest BCUT2D eigenvalue weighted by atomic mass is 10.0. The average Bonchev–Trinajstić information content (AvgIpc) is 2.48. The normalized spacial score (nSPS) is 11.4. The van der Waals surface area contributed by atoms with E-state index < -0.39 is 5.97 Å². The van der Waals surface area contributed by atoms with E-state index in [4.69, 9.17) is 0 Å². The van der Waals surface area contributed by atoms with Gasteiger partial charge in [-0.3, -0.25) is 0 Å². The van der Waals surface area contributed by atoms with Gasteiger partial charge in [0.2, 0.25) is 0 Å². The zero-order valence-electron chi connectivity index (χ0n) is 11.5. The number of halogens is 1. The highest BCUT2D eigenvalue weighted by molar-refractivity contribution is 9.10. The first-order valence-corrected chi connectivity index (χ1v) is 7.33. The van der Waals surface area contributed by atoms with Crippen molar-refractivity contribution in [1.82, 2.24) is 0 Å². The zero-order valence-corrected chi connectivity index (χ0v) is 13.1. The van der Waals surface area contributed by atoms with Gasteiger partial charge >= 0.3 is 5.97 Å². The minimum Gasteiger partial charge on any atom is -0.507 e. The quantitative estimate of drug-likeness (QED) is 0.639. The van der Waals surface area contributed by atoms with E-state index in [0.717, 1.165) is 12.0 Å². The predicted octanol–water partition coefficient (Wildman–Crippen LogP) is 4.34. The summed E-state index contributed by atoms with van der Waals surface area (Å²) in [6, 6.07) is 12.4. The smallest absolute Gasteiger partial charge is 0.336 e. The summed E-state index contributed by atoms with van der Waals surface area (Å²) in [7, 11) is 0. The maximum atomic E-state index is 11.5. The number of benzene rings is 2. The molecule has 3 nitrogen and oxygen atoms in total. The van der Waals surface area contributed by atoms with Crippen LogP contribution in [0, 0.1) is 0 Å². The molecule has 4 heteroatoms. The molecule has 0 unspecified atom stereocenters. The summed E-state index contributed by atoms with van der Waals surface area (Å²) >= 11 is 3.22. The fourth-order valence-corrected chi connectivity index (χ4v) is 2.36. The van der Waals surface area contributed by atoms with Crippen LogP contribution >= 0.6 is 15.9 Å². The molecule has 21 heavy (non-hydrogen) atoms. The van der Waals surface area contributed by atoms with Gasteiger partial charge in [0, 0.05) is 0 Å². The topological polar surface area (TPSA) is 57.5 Å². The lowest BCUT2D eigenvalue weighted by Gasteiger charge is -2.05. The van der Waals surface area contributed by atoms with Crippen molar-refractivity contribution in [2.75, 3.05) is 0 Å². The second-order valence-electron chi connectivity index (χ2n) is 4.62. The molecular weight excluding hydrogens is 332 g/mol. The number of aryl methyl sites for hydroxylation is 1. The Hall–Kier alpha value is -2.07. The molecule has 2 N–H and O–H groups in total.